The van der Waals surface area contributed by atoms with Crippen molar-refractivity contribution in [2.75, 3.05) is 4.90 Å². The van der Waals surface area contributed by atoms with Crippen LogP contribution in [-0.2, 0) is 25.4 Å². The van der Waals surface area contributed by atoms with Gasteiger partial charge in [0, 0.05) is 0 Å². The maximum atomic E-state index is 13.4. The Hall–Kier alpha value is -3.21. The van der Waals surface area contributed by atoms with Crippen LogP contribution in [0.25, 0.3) is 5.57 Å². The van der Waals surface area contributed by atoms with E-state index in [0.29, 0.717) is 17.1 Å². The third-order valence-corrected chi connectivity index (χ3v) is 6.56. The van der Waals surface area contributed by atoms with Gasteiger partial charge < -0.3 is 4.42 Å². The first-order chi connectivity index (χ1) is 14.8. The van der Waals surface area contributed by atoms with Crippen molar-refractivity contribution in [2.45, 2.75) is 10.6 Å². The molecule has 0 spiro atoms. The predicted molar refractivity (Wildman–Crippen MR) is 114 cm³/mol. The standard InChI is InChI=1S/C21H15FN2O5S2/c22-14-5-3-13(4-6-14)18-19(30-12-16-2-1-11-29-16)21(26)24(20(18)25)15-7-9-17(10-8-15)31(23,27)28/h1-11H,12H2,(H2,23,27,28). The maximum absolute atomic E-state index is 13.4. The van der Waals surface area contributed by atoms with E-state index < -0.39 is 27.7 Å². The molecule has 0 radical (unpaired) electrons. The van der Waals surface area contributed by atoms with Gasteiger partial charge in [0.2, 0.25) is 10.0 Å². The number of carbonyl (C=O) groups excluding carboxylic acids is 2. The molecule has 2 heterocycles. The normalized spacial score (nSPS) is 14.6. The van der Waals surface area contributed by atoms with Crippen molar-refractivity contribution < 1.29 is 26.8 Å². The summed E-state index contributed by atoms with van der Waals surface area (Å²) in [6.07, 6.45) is 1.51. The van der Waals surface area contributed by atoms with Gasteiger partial charge in [-0.05, 0) is 54.1 Å². The fourth-order valence-corrected chi connectivity index (χ4v) is 4.60. The molecule has 158 valence electrons. The lowest BCUT2D eigenvalue weighted by Crippen LogP contribution is -2.31. The number of nitrogens with zero attached hydrogens (tertiary/aromatic N) is 1. The highest BCUT2D eigenvalue weighted by molar-refractivity contribution is 8.03. The Bertz CT molecular complexity index is 1280. The fraction of sp³-hybridized carbons (Fsp3) is 0.0476. The number of amides is 2. The first kappa shape index (κ1) is 21.0. The summed E-state index contributed by atoms with van der Waals surface area (Å²) in [7, 11) is -3.92. The molecule has 0 aliphatic carbocycles. The summed E-state index contributed by atoms with van der Waals surface area (Å²) in [5, 5.41) is 5.11. The lowest BCUT2D eigenvalue weighted by Gasteiger charge is -2.15. The second-order valence-electron chi connectivity index (χ2n) is 6.56. The molecule has 10 heteroatoms. The van der Waals surface area contributed by atoms with Gasteiger partial charge in [-0.25, -0.2) is 22.8 Å². The molecule has 3 aromatic rings. The van der Waals surface area contributed by atoms with Crippen molar-refractivity contribution in [3.8, 4) is 0 Å². The second kappa shape index (κ2) is 8.14. The Morgan fingerprint density at radius 1 is 0.968 bits per heavy atom. The van der Waals surface area contributed by atoms with E-state index in [0.717, 1.165) is 16.7 Å². The van der Waals surface area contributed by atoms with E-state index in [4.69, 9.17) is 9.56 Å². The number of carbonyl (C=O) groups is 2. The van der Waals surface area contributed by atoms with Crippen LogP contribution in [0, 0.1) is 5.82 Å². The van der Waals surface area contributed by atoms with E-state index in [-0.39, 0.29) is 21.1 Å². The van der Waals surface area contributed by atoms with Gasteiger partial charge in [-0.3, -0.25) is 9.59 Å². The average Bonchev–Trinajstić information content (AvgIpc) is 3.33. The average molecular weight is 458 g/mol. The lowest BCUT2D eigenvalue weighted by molar-refractivity contribution is -0.119. The molecule has 2 aromatic carbocycles. The minimum absolute atomic E-state index is 0.136. The maximum Gasteiger partial charge on any atom is 0.272 e. The quantitative estimate of drug-likeness (QED) is 0.568. The van der Waals surface area contributed by atoms with Gasteiger partial charge in [0.1, 0.15) is 11.6 Å². The van der Waals surface area contributed by atoms with Crippen molar-refractivity contribution in [3.05, 3.63) is 89.0 Å². The lowest BCUT2D eigenvalue weighted by atomic mass is 10.1. The van der Waals surface area contributed by atoms with E-state index >= 15 is 0 Å². The minimum atomic E-state index is -3.92. The Kier molecular flexibility index (Phi) is 5.52. The molecule has 0 fully saturated rings. The van der Waals surface area contributed by atoms with Crippen LogP contribution in [0.1, 0.15) is 11.3 Å². The molecule has 7 nitrogen and oxygen atoms in total. The van der Waals surface area contributed by atoms with E-state index in [2.05, 4.69) is 0 Å². The van der Waals surface area contributed by atoms with Crippen molar-refractivity contribution in [3.63, 3.8) is 0 Å². The number of thioether (sulfide) groups is 1. The molecular weight excluding hydrogens is 443 g/mol. The monoisotopic (exact) mass is 458 g/mol. The van der Waals surface area contributed by atoms with Gasteiger partial charge in [-0.1, -0.05) is 12.1 Å². The fourth-order valence-electron chi connectivity index (χ4n) is 3.07. The third kappa shape index (κ3) is 4.18. The number of anilines is 1. The van der Waals surface area contributed by atoms with Crippen LogP contribution in [0.5, 0.6) is 0 Å². The van der Waals surface area contributed by atoms with Crippen LogP contribution in [0.15, 0.2) is 81.1 Å². The van der Waals surface area contributed by atoms with Crippen LogP contribution in [0.4, 0.5) is 10.1 Å². The third-order valence-electron chi connectivity index (χ3n) is 4.54. The molecule has 0 unspecified atom stereocenters. The molecule has 1 aliphatic rings. The predicted octanol–water partition coefficient (Wildman–Crippen LogP) is 3.28. The molecule has 0 atom stereocenters. The van der Waals surface area contributed by atoms with Crippen molar-refractivity contribution in [1.29, 1.82) is 0 Å². The summed E-state index contributed by atoms with van der Waals surface area (Å²) < 4.78 is 41.7. The molecule has 2 amide bonds. The van der Waals surface area contributed by atoms with Gasteiger partial charge in [-0.15, -0.1) is 11.8 Å². The molecule has 2 N–H and O–H groups in total. The SMILES string of the molecule is NS(=O)(=O)c1ccc(N2C(=O)C(SCc3ccco3)=C(c3ccc(F)cc3)C2=O)cc1. The highest BCUT2D eigenvalue weighted by Crippen LogP contribution is 2.39. The van der Waals surface area contributed by atoms with E-state index in [1.807, 2.05) is 0 Å². The molecule has 0 saturated carbocycles. The van der Waals surface area contributed by atoms with Crippen LogP contribution in [0.3, 0.4) is 0 Å². The van der Waals surface area contributed by atoms with Gasteiger partial charge in [-0.2, -0.15) is 0 Å². The second-order valence-corrected chi connectivity index (χ2v) is 9.11. The zero-order chi connectivity index (χ0) is 22.2. The van der Waals surface area contributed by atoms with E-state index in [1.54, 1.807) is 12.1 Å². The van der Waals surface area contributed by atoms with Crippen LogP contribution in [0.2, 0.25) is 0 Å². The van der Waals surface area contributed by atoms with Crippen molar-refractivity contribution >= 4 is 44.9 Å². The molecular formula is C21H15FN2O5S2. The number of benzene rings is 2. The van der Waals surface area contributed by atoms with E-state index in [9.17, 15) is 22.4 Å². The highest BCUT2D eigenvalue weighted by Gasteiger charge is 2.40. The van der Waals surface area contributed by atoms with Crippen molar-refractivity contribution in [1.82, 2.24) is 0 Å². The molecule has 4 rings (SSSR count). The van der Waals surface area contributed by atoms with Crippen LogP contribution in [-0.4, -0.2) is 20.2 Å². The summed E-state index contributed by atoms with van der Waals surface area (Å²) in [5.41, 5.74) is 0.720. The van der Waals surface area contributed by atoms with Crippen molar-refractivity contribution in [2.24, 2.45) is 5.14 Å². The number of rotatable bonds is 6. The van der Waals surface area contributed by atoms with Gasteiger partial charge in [0.05, 0.1) is 33.1 Å². The Morgan fingerprint density at radius 3 is 2.23 bits per heavy atom. The molecule has 31 heavy (non-hydrogen) atoms. The summed E-state index contributed by atoms with van der Waals surface area (Å²) in [5.74, 6) is -0.704. The number of sulfonamides is 1. The van der Waals surface area contributed by atoms with E-state index in [1.165, 1.54) is 54.8 Å². The Balaban J connectivity index is 1.73. The molecule has 0 bridgehead atoms. The summed E-state index contributed by atoms with van der Waals surface area (Å²) in [6.45, 7) is 0. The number of hydrogen-bond donors (Lipinski definition) is 1. The largest absolute Gasteiger partial charge is 0.468 e. The summed E-state index contributed by atoms with van der Waals surface area (Å²) in [6, 6.07) is 13.8. The first-order valence-corrected chi connectivity index (χ1v) is 11.5. The van der Waals surface area contributed by atoms with Gasteiger partial charge in [0.15, 0.2) is 0 Å². The Morgan fingerprint density at radius 2 is 1.65 bits per heavy atom. The highest BCUT2D eigenvalue weighted by atomic mass is 32.2. The molecule has 0 saturated heterocycles. The number of nitrogens with two attached hydrogens (primary N) is 1. The zero-order valence-electron chi connectivity index (χ0n) is 15.8. The molecule has 1 aliphatic heterocycles. The van der Waals surface area contributed by atoms with Crippen LogP contribution < -0.4 is 10.0 Å². The number of furan rings is 1. The summed E-state index contributed by atoms with van der Waals surface area (Å²) >= 11 is 1.13. The number of imide groups is 1. The Labute approximate surface area is 181 Å². The number of halogens is 1. The minimum Gasteiger partial charge on any atom is -0.468 e. The molecule has 1 aromatic heterocycles. The number of hydrogen-bond acceptors (Lipinski definition) is 6. The number of primary sulfonamides is 1. The zero-order valence-corrected chi connectivity index (χ0v) is 17.5. The van der Waals surface area contributed by atoms with Gasteiger partial charge in [0.25, 0.3) is 11.8 Å². The smallest absolute Gasteiger partial charge is 0.272 e. The topological polar surface area (TPSA) is 111 Å². The van der Waals surface area contributed by atoms with Gasteiger partial charge >= 0.3 is 0 Å². The summed E-state index contributed by atoms with van der Waals surface area (Å²) in [4.78, 5) is 27.4. The first-order valence-electron chi connectivity index (χ1n) is 8.93. The van der Waals surface area contributed by atoms with Crippen LogP contribution >= 0.6 is 11.8 Å².